The maximum atomic E-state index is 10.1. The van der Waals surface area contributed by atoms with E-state index in [2.05, 4.69) is 79.4 Å². The standard InChI is InChI=1S/C20H26N2O/c1-16-17(2)22(23)15-20(16)21(13-18-9-5-3-6-10-18)14-19-11-7-4-8-12-19/h3-12,16-17,20,23H,13-15H2,1-2H3/t16-,17-,20+/m0/s1. The van der Waals surface area contributed by atoms with E-state index in [9.17, 15) is 5.21 Å². The van der Waals surface area contributed by atoms with Gasteiger partial charge in [-0.3, -0.25) is 4.90 Å². The minimum absolute atomic E-state index is 0.203. The summed E-state index contributed by atoms with van der Waals surface area (Å²) >= 11 is 0. The van der Waals surface area contributed by atoms with Crippen molar-refractivity contribution in [2.75, 3.05) is 6.54 Å². The highest BCUT2D eigenvalue weighted by molar-refractivity contribution is 5.17. The second kappa shape index (κ2) is 7.26. The number of benzene rings is 2. The first kappa shape index (κ1) is 16.2. The van der Waals surface area contributed by atoms with Crippen molar-refractivity contribution in [1.29, 1.82) is 0 Å². The van der Waals surface area contributed by atoms with Crippen LogP contribution in [0, 0.1) is 5.92 Å². The molecule has 0 saturated carbocycles. The van der Waals surface area contributed by atoms with Gasteiger partial charge in [-0.15, -0.1) is 0 Å². The molecule has 0 amide bonds. The molecule has 0 aromatic heterocycles. The lowest BCUT2D eigenvalue weighted by Crippen LogP contribution is -2.39. The molecule has 0 spiro atoms. The highest BCUT2D eigenvalue weighted by Gasteiger charge is 2.38. The Labute approximate surface area is 139 Å². The van der Waals surface area contributed by atoms with Crippen LogP contribution in [0.25, 0.3) is 0 Å². The Morgan fingerprint density at radius 3 is 1.78 bits per heavy atom. The fraction of sp³-hybridized carbons (Fsp3) is 0.400. The first-order valence-corrected chi connectivity index (χ1v) is 8.42. The van der Waals surface area contributed by atoms with Gasteiger partial charge in [0.05, 0.1) is 0 Å². The van der Waals surface area contributed by atoms with E-state index in [4.69, 9.17) is 0 Å². The predicted octanol–water partition coefficient (Wildman–Crippen LogP) is 3.79. The van der Waals surface area contributed by atoms with Crippen LogP contribution in [0.1, 0.15) is 25.0 Å². The van der Waals surface area contributed by atoms with Crippen molar-refractivity contribution in [3.63, 3.8) is 0 Å². The summed E-state index contributed by atoms with van der Waals surface area (Å²) in [5.74, 6) is 0.437. The summed E-state index contributed by atoms with van der Waals surface area (Å²) < 4.78 is 0. The minimum atomic E-state index is 0.203. The van der Waals surface area contributed by atoms with Crippen molar-refractivity contribution in [2.45, 2.75) is 39.0 Å². The van der Waals surface area contributed by atoms with Gasteiger partial charge < -0.3 is 5.21 Å². The molecule has 3 nitrogen and oxygen atoms in total. The first-order valence-electron chi connectivity index (χ1n) is 8.42. The van der Waals surface area contributed by atoms with Crippen molar-refractivity contribution >= 4 is 0 Å². The third-order valence-corrected chi connectivity index (χ3v) is 5.14. The molecule has 0 bridgehead atoms. The van der Waals surface area contributed by atoms with Gasteiger partial charge in [0.25, 0.3) is 0 Å². The zero-order valence-corrected chi connectivity index (χ0v) is 14.0. The van der Waals surface area contributed by atoms with E-state index in [1.165, 1.54) is 16.2 Å². The molecule has 1 heterocycles. The third-order valence-electron chi connectivity index (χ3n) is 5.14. The Balaban J connectivity index is 1.81. The zero-order valence-electron chi connectivity index (χ0n) is 14.0. The summed E-state index contributed by atoms with van der Waals surface area (Å²) in [6.45, 7) is 6.88. The van der Waals surface area contributed by atoms with E-state index in [1.807, 2.05) is 0 Å². The number of rotatable bonds is 5. The maximum absolute atomic E-state index is 10.1. The number of nitrogens with zero attached hydrogens (tertiary/aromatic N) is 2. The second-order valence-electron chi connectivity index (χ2n) is 6.67. The highest BCUT2D eigenvalue weighted by Crippen LogP contribution is 2.28. The molecule has 1 saturated heterocycles. The fourth-order valence-electron chi connectivity index (χ4n) is 3.49. The Bertz CT molecular complexity index is 560. The number of hydrogen-bond donors (Lipinski definition) is 1. The summed E-state index contributed by atoms with van der Waals surface area (Å²) in [6.07, 6.45) is 0. The van der Waals surface area contributed by atoms with Gasteiger partial charge in [-0.05, 0) is 24.0 Å². The normalized spacial score (nSPS) is 25.1. The fourth-order valence-corrected chi connectivity index (χ4v) is 3.49. The number of hydroxylamine groups is 2. The van der Waals surface area contributed by atoms with E-state index in [0.717, 1.165) is 13.1 Å². The van der Waals surface area contributed by atoms with Gasteiger partial charge in [-0.2, -0.15) is 5.06 Å². The molecule has 2 aromatic rings. The summed E-state index contributed by atoms with van der Waals surface area (Å²) in [4.78, 5) is 2.50. The van der Waals surface area contributed by atoms with E-state index in [0.29, 0.717) is 18.5 Å². The summed E-state index contributed by atoms with van der Waals surface area (Å²) in [5, 5.41) is 11.6. The van der Waals surface area contributed by atoms with Gasteiger partial charge in [0.15, 0.2) is 0 Å². The smallest absolute Gasteiger partial charge is 0.0401 e. The van der Waals surface area contributed by atoms with Gasteiger partial charge in [-0.1, -0.05) is 67.6 Å². The quantitative estimate of drug-likeness (QED) is 0.910. The first-order chi connectivity index (χ1) is 11.1. The lowest BCUT2D eigenvalue weighted by molar-refractivity contribution is -0.104. The molecule has 1 aliphatic rings. The molecule has 23 heavy (non-hydrogen) atoms. The van der Waals surface area contributed by atoms with E-state index >= 15 is 0 Å². The molecule has 1 aliphatic heterocycles. The van der Waals surface area contributed by atoms with Crippen LogP contribution in [-0.2, 0) is 13.1 Å². The predicted molar refractivity (Wildman–Crippen MR) is 93.0 cm³/mol. The highest BCUT2D eigenvalue weighted by atomic mass is 16.5. The molecular weight excluding hydrogens is 284 g/mol. The van der Waals surface area contributed by atoms with Crippen molar-refractivity contribution in [3.8, 4) is 0 Å². The van der Waals surface area contributed by atoms with Gasteiger partial charge in [0.1, 0.15) is 0 Å². The average molecular weight is 310 g/mol. The van der Waals surface area contributed by atoms with Crippen LogP contribution < -0.4 is 0 Å². The Hall–Kier alpha value is -1.68. The average Bonchev–Trinajstić information content (AvgIpc) is 2.84. The summed E-state index contributed by atoms with van der Waals surface area (Å²) in [6, 6.07) is 21.8. The van der Waals surface area contributed by atoms with Crippen LogP contribution in [0.4, 0.5) is 0 Å². The monoisotopic (exact) mass is 310 g/mol. The zero-order chi connectivity index (χ0) is 16.2. The molecule has 2 aromatic carbocycles. The third kappa shape index (κ3) is 3.81. The molecule has 0 radical (unpaired) electrons. The minimum Gasteiger partial charge on any atom is -0.314 e. The summed E-state index contributed by atoms with van der Waals surface area (Å²) in [7, 11) is 0. The molecule has 0 aliphatic carbocycles. The molecule has 0 unspecified atom stereocenters. The molecule has 3 rings (SSSR count). The largest absolute Gasteiger partial charge is 0.314 e. The van der Waals surface area contributed by atoms with E-state index in [1.54, 1.807) is 0 Å². The molecule has 3 heteroatoms. The summed E-state index contributed by atoms with van der Waals surface area (Å²) in [5.41, 5.74) is 2.64. The Morgan fingerprint density at radius 2 is 1.39 bits per heavy atom. The van der Waals surface area contributed by atoms with Crippen molar-refractivity contribution in [1.82, 2.24) is 9.96 Å². The van der Waals surface area contributed by atoms with Crippen LogP contribution in [0.5, 0.6) is 0 Å². The van der Waals surface area contributed by atoms with E-state index in [-0.39, 0.29) is 6.04 Å². The van der Waals surface area contributed by atoms with Gasteiger partial charge in [0.2, 0.25) is 0 Å². The topological polar surface area (TPSA) is 26.7 Å². The lowest BCUT2D eigenvalue weighted by Gasteiger charge is -2.32. The SMILES string of the molecule is C[C@@H]1[C@H](N(Cc2ccccc2)Cc2ccccc2)CN(O)[C@H]1C. The molecule has 122 valence electrons. The molecule has 1 N–H and O–H groups in total. The lowest BCUT2D eigenvalue weighted by atomic mass is 9.97. The Morgan fingerprint density at radius 1 is 0.913 bits per heavy atom. The molecular formula is C20H26N2O. The van der Waals surface area contributed by atoms with Gasteiger partial charge in [0, 0.05) is 31.7 Å². The van der Waals surface area contributed by atoms with Crippen LogP contribution in [-0.4, -0.2) is 33.8 Å². The van der Waals surface area contributed by atoms with Crippen molar-refractivity contribution < 1.29 is 5.21 Å². The molecule has 1 fully saturated rings. The van der Waals surface area contributed by atoms with Crippen molar-refractivity contribution in [2.24, 2.45) is 5.92 Å². The van der Waals surface area contributed by atoms with Crippen LogP contribution in [0.2, 0.25) is 0 Å². The van der Waals surface area contributed by atoms with Crippen LogP contribution in [0.15, 0.2) is 60.7 Å². The Kier molecular flexibility index (Phi) is 5.11. The molecule has 3 atom stereocenters. The second-order valence-corrected chi connectivity index (χ2v) is 6.67. The van der Waals surface area contributed by atoms with Crippen LogP contribution in [0.3, 0.4) is 0 Å². The van der Waals surface area contributed by atoms with Crippen LogP contribution >= 0.6 is 0 Å². The van der Waals surface area contributed by atoms with E-state index < -0.39 is 0 Å². The van der Waals surface area contributed by atoms with Crippen molar-refractivity contribution in [3.05, 3.63) is 71.8 Å². The van der Waals surface area contributed by atoms with Gasteiger partial charge in [-0.25, -0.2) is 0 Å². The maximum Gasteiger partial charge on any atom is 0.0401 e. The number of hydrogen-bond acceptors (Lipinski definition) is 3. The van der Waals surface area contributed by atoms with Gasteiger partial charge >= 0.3 is 0 Å².